The molecule has 1 unspecified atom stereocenters. The minimum Gasteiger partial charge on any atom is -0.469 e. The van der Waals surface area contributed by atoms with Crippen LogP contribution in [0, 0.1) is 5.92 Å². The van der Waals surface area contributed by atoms with Crippen LogP contribution in [-0.2, 0) is 9.53 Å². The van der Waals surface area contributed by atoms with Crippen LogP contribution >= 0.6 is 24.0 Å². The van der Waals surface area contributed by atoms with Crippen LogP contribution in [0.15, 0.2) is 17.1 Å². The van der Waals surface area contributed by atoms with Crippen LogP contribution < -0.4 is 10.6 Å². The van der Waals surface area contributed by atoms with E-state index < -0.39 is 0 Å². The Balaban J connectivity index is 0.00000324. The number of rotatable bonds is 5. The maximum Gasteiger partial charge on any atom is 0.310 e. The highest BCUT2D eigenvalue weighted by molar-refractivity contribution is 14.0. The fraction of sp³-hybridized carbons (Fsp3) is 0.692. The summed E-state index contributed by atoms with van der Waals surface area (Å²) in [6.45, 7) is 5.07. The molecule has 1 rings (SSSR count). The van der Waals surface area contributed by atoms with E-state index in [1.165, 1.54) is 7.11 Å². The number of halogens is 1. The molecule has 0 amide bonds. The number of aliphatic imine (C=N–C) groups is 1. The number of nitrogens with one attached hydrogen (secondary N) is 2. The van der Waals surface area contributed by atoms with Crippen LogP contribution in [0.25, 0.3) is 0 Å². The molecule has 0 fully saturated rings. The van der Waals surface area contributed by atoms with Crippen molar-refractivity contribution in [3.05, 3.63) is 12.2 Å². The number of esters is 1. The van der Waals surface area contributed by atoms with Gasteiger partial charge in [-0.1, -0.05) is 19.1 Å². The fourth-order valence-corrected chi connectivity index (χ4v) is 1.75. The van der Waals surface area contributed by atoms with E-state index in [9.17, 15) is 4.79 Å². The predicted molar refractivity (Wildman–Crippen MR) is 87.9 cm³/mol. The molecule has 110 valence electrons. The zero-order valence-corrected chi connectivity index (χ0v) is 14.1. The molecule has 0 saturated heterocycles. The van der Waals surface area contributed by atoms with Crippen molar-refractivity contribution >= 4 is 35.9 Å². The summed E-state index contributed by atoms with van der Waals surface area (Å²) in [5.41, 5.74) is 0. The van der Waals surface area contributed by atoms with Crippen molar-refractivity contribution in [1.29, 1.82) is 0 Å². The van der Waals surface area contributed by atoms with Gasteiger partial charge in [0, 0.05) is 12.6 Å². The first kappa shape index (κ1) is 18.2. The molecule has 0 aliphatic heterocycles. The summed E-state index contributed by atoms with van der Waals surface area (Å²) < 4.78 is 4.68. The number of hydrogen-bond acceptors (Lipinski definition) is 3. The molecule has 1 aliphatic carbocycles. The predicted octanol–water partition coefficient (Wildman–Crippen LogP) is 1.69. The first-order valence-corrected chi connectivity index (χ1v) is 6.45. The van der Waals surface area contributed by atoms with Gasteiger partial charge in [0.2, 0.25) is 0 Å². The Morgan fingerprint density at radius 3 is 2.63 bits per heavy atom. The minimum atomic E-state index is -0.225. The fourth-order valence-electron chi connectivity index (χ4n) is 1.75. The van der Waals surface area contributed by atoms with Gasteiger partial charge in [0.15, 0.2) is 5.96 Å². The molecule has 2 N–H and O–H groups in total. The molecular formula is C13H24IN3O2. The molecule has 0 aromatic carbocycles. The lowest BCUT2D eigenvalue weighted by molar-refractivity contribution is -0.144. The third-order valence-electron chi connectivity index (χ3n) is 2.82. The van der Waals surface area contributed by atoms with Crippen molar-refractivity contribution in [1.82, 2.24) is 10.6 Å². The number of nitrogens with zero attached hydrogens (tertiary/aromatic N) is 1. The van der Waals surface area contributed by atoms with Gasteiger partial charge in [0.1, 0.15) is 0 Å². The van der Waals surface area contributed by atoms with Gasteiger partial charge in [-0.25, -0.2) is 0 Å². The Morgan fingerprint density at radius 1 is 1.47 bits per heavy atom. The maximum atomic E-state index is 11.3. The molecular weight excluding hydrogens is 357 g/mol. The lowest BCUT2D eigenvalue weighted by Crippen LogP contribution is -2.42. The molecule has 6 heteroatoms. The van der Waals surface area contributed by atoms with Crippen LogP contribution in [0.4, 0.5) is 0 Å². The van der Waals surface area contributed by atoms with E-state index in [4.69, 9.17) is 0 Å². The number of carbonyl (C=O) groups excluding carboxylic acids is 1. The topological polar surface area (TPSA) is 62.7 Å². The lowest BCUT2D eigenvalue weighted by atomic mass is 10.2. The smallest absolute Gasteiger partial charge is 0.310 e. The van der Waals surface area contributed by atoms with E-state index in [-0.39, 0.29) is 35.9 Å². The number of hydrogen-bond donors (Lipinski definition) is 2. The van der Waals surface area contributed by atoms with Gasteiger partial charge in [-0.15, -0.1) is 24.0 Å². The summed E-state index contributed by atoms with van der Waals surface area (Å²) in [4.78, 5) is 15.7. The monoisotopic (exact) mass is 381 g/mol. The second-order valence-electron chi connectivity index (χ2n) is 4.43. The van der Waals surface area contributed by atoms with Crippen LogP contribution in [0.5, 0.6) is 0 Å². The molecule has 0 spiro atoms. The second-order valence-corrected chi connectivity index (χ2v) is 4.43. The third-order valence-corrected chi connectivity index (χ3v) is 2.82. The molecule has 5 nitrogen and oxygen atoms in total. The van der Waals surface area contributed by atoms with Gasteiger partial charge in [0.05, 0.1) is 19.6 Å². The zero-order valence-electron chi connectivity index (χ0n) is 11.8. The molecule has 0 radical (unpaired) electrons. The summed E-state index contributed by atoms with van der Waals surface area (Å²) in [6.07, 6.45) is 6.38. The normalized spacial score (nSPS) is 16.7. The van der Waals surface area contributed by atoms with Gasteiger partial charge in [-0.3, -0.25) is 9.79 Å². The maximum absolute atomic E-state index is 11.3. The summed E-state index contributed by atoms with van der Waals surface area (Å²) >= 11 is 0. The van der Waals surface area contributed by atoms with Crippen LogP contribution in [-0.4, -0.2) is 38.2 Å². The van der Waals surface area contributed by atoms with Gasteiger partial charge in [-0.2, -0.15) is 0 Å². The Morgan fingerprint density at radius 2 is 2.11 bits per heavy atom. The van der Waals surface area contributed by atoms with Gasteiger partial charge < -0.3 is 15.4 Å². The molecule has 0 heterocycles. The highest BCUT2D eigenvalue weighted by Gasteiger charge is 2.14. The number of ether oxygens (including phenoxy) is 1. The Hall–Kier alpha value is -0.790. The van der Waals surface area contributed by atoms with Crippen molar-refractivity contribution in [2.45, 2.75) is 32.7 Å². The summed E-state index contributed by atoms with van der Waals surface area (Å²) in [5.74, 6) is 0.325. The SMILES string of the molecule is CCNC(=NCC(C)C(=O)OC)NC1CC=CC1.I. The van der Waals surface area contributed by atoms with E-state index in [0.717, 1.165) is 25.3 Å². The first-order chi connectivity index (χ1) is 8.67. The summed E-state index contributed by atoms with van der Waals surface area (Å²) in [5, 5.41) is 6.53. The molecule has 0 aromatic heterocycles. The summed E-state index contributed by atoms with van der Waals surface area (Å²) in [6, 6.07) is 0.413. The molecule has 0 bridgehead atoms. The van der Waals surface area contributed by atoms with E-state index in [1.54, 1.807) is 0 Å². The minimum absolute atomic E-state index is 0. The highest BCUT2D eigenvalue weighted by Crippen LogP contribution is 2.08. The Bertz CT molecular complexity index is 324. The van der Waals surface area contributed by atoms with Crippen molar-refractivity contribution in [2.24, 2.45) is 10.9 Å². The highest BCUT2D eigenvalue weighted by atomic mass is 127. The number of carbonyl (C=O) groups is 1. The Labute approximate surface area is 132 Å². The van der Waals surface area contributed by atoms with Crippen LogP contribution in [0.3, 0.4) is 0 Å². The molecule has 0 saturated carbocycles. The molecule has 1 aliphatic rings. The largest absolute Gasteiger partial charge is 0.469 e. The zero-order chi connectivity index (χ0) is 13.4. The van der Waals surface area contributed by atoms with Gasteiger partial charge >= 0.3 is 5.97 Å². The quantitative estimate of drug-likeness (QED) is 0.250. The average Bonchev–Trinajstić information content (AvgIpc) is 2.87. The van der Waals surface area contributed by atoms with E-state index in [1.807, 2.05) is 13.8 Å². The number of guanidine groups is 1. The van der Waals surface area contributed by atoms with Gasteiger partial charge in [-0.05, 0) is 19.8 Å². The van der Waals surface area contributed by atoms with Crippen molar-refractivity contribution < 1.29 is 9.53 Å². The van der Waals surface area contributed by atoms with E-state index in [0.29, 0.717) is 12.6 Å². The standard InChI is InChI=1S/C13H23N3O2.HI/c1-4-14-13(16-11-7-5-6-8-11)15-9-10(2)12(17)18-3;/h5-6,10-11H,4,7-9H2,1-3H3,(H2,14,15,16);1H. The first-order valence-electron chi connectivity index (χ1n) is 6.45. The average molecular weight is 381 g/mol. The second kappa shape index (κ2) is 10.1. The van der Waals surface area contributed by atoms with Gasteiger partial charge in [0.25, 0.3) is 0 Å². The van der Waals surface area contributed by atoms with Crippen LogP contribution in [0.2, 0.25) is 0 Å². The molecule has 19 heavy (non-hydrogen) atoms. The number of methoxy groups -OCH3 is 1. The van der Waals surface area contributed by atoms with E-state index >= 15 is 0 Å². The summed E-state index contributed by atoms with van der Waals surface area (Å²) in [7, 11) is 1.40. The van der Waals surface area contributed by atoms with Crippen LogP contribution in [0.1, 0.15) is 26.7 Å². The lowest BCUT2D eigenvalue weighted by Gasteiger charge is -2.17. The van der Waals surface area contributed by atoms with Crippen molar-refractivity contribution in [3.63, 3.8) is 0 Å². The van der Waals surface area contributed by atoms with Crippen molar-refractivity contribution in [2.75, 3.05) is 20.2 Å². The molecule has 1 atom stereocenters. The third kappa shape index (κ3) is 6.79. The Kier molecular flexibility index (Phi) is 9.63. The van der Waals surface area contributed by atoms with E-state index in [2.05, 4.69) is 32.5 Å². The van der Waals surface area contributed by atoms with Crippen molar-refractivity contribution in [3.8, 4) is 0 Å². The molecule has 0 aromatic rings.